The maximum atomic E-state index is 10.9. The fourth-order valence-corrected chi connectivity index (χ4v) is 1.19. The van der Waals surface area contributed by atoms with Gasteiger partial charge in [-0.3, -0.25) is 4.79 Å². The van der Waals surface area contributed by atoms with Gasteiger partial charge in [0.05, 0.1) is 13.1 Å². The maximum absolute atomic E-state index is 10.9. The molecule has 0 radical (unpaired) electrons. The minimum absolute atomic E-state index is 0.0177. The van der Waals surface area contributed by atoms with Gasteiger partial charge < -0.3 is 15.4 Å². The SMILES string of the molecule is CCCN1CC(=O)NCC1=NO. The van der Waals surface area contributed by atoms with E-state index in [0.717, 1.165) is 13.0 Å². The molecule has 0 aromatic heterocycles. The molecule has 5 nitrogen and oxygen atoms in total. The second kappa shape index (κ2) is 3.94. The van der Waals surface area contributed by atoms with Crippen molar-refractivity contribution >= 4 is 11.7 Å². The predicted molar refractivity (Wildman–Crippen MR) is 44.1 cm³/mol. The van der Waals surface area contributed by atoms with Crippen LogP contribution in [-0.4, -0.2) is 41.5 Å². The number of carbonyl (C=O) groups excluding carboxylic acids is 1. The Labute approximate surface area is 71.0 Å². The number of rotatable bonds is 2. The van der Waals surface area contributed by atoms with Crippen LogP contribution in [0.1, 0.15) is 13.3 Å². The van der Waals surface area contributed by atoms with Gasteiger partial charge in [-0.25, -0.2) is 0 Å². The quantitative estimate of drug-likeness (QED) is 0.439. The molecule has 1 aliphatic heterocycles. The lowest BCUT2D eigenvalue weighted by Gasteiger charge is -2.28. The summed E-state index contributed by atoms with van der Waals surface area (Å²) in [5.41, 5.74) is 0. The number of nitrogens with zero attached hydrogens (tertiary/aromatic N) is 2. The van der Waals surface area contributed by atoms with Crippen molar-refractivity contribution in [3.8, 4) is 0 Å². The lowest BCUT2D eigenvalue weighted by Crippen LogP contribution is -2.51. The van der Waals surface area contributed by atoms with Crippen LogP contribution in [0.2, 0.25) is 0 Å². The van der Waals surface area contributed by atoms with Gasteiger partial charge in [0.1, 0.15) is 0 Å². The molecule has 0 aromatic rings. The second-order valence-electron chi connectivity index (χ2n) is 2.71. The second-order valence-corrected chi connectivity index (χ2v) is 2.71. The first kappa shape index (κ1) is 8.83. The molecular weight excluding hydrogens is 158 g/mol. The van der Waals surface area contributed by atoms with E-state index in [1.54, 1.807) is 4.90 Å². The Bertz CT molecular complexity index is 203. The summed E-state index contributed by atoms with van der Waals surface area (Å²) in [4.78, 5) is 12.7. The molecule has 0 aromatic carbocycles. The molecule has 2 N–H and O–H groups in total. The average molecular weight is 171 g/mol. The number of hydrogen-bond acceptors (Lipinski definition) is 3. The third kappa shape index (κ3) is 1.87. The molecule has 0 spiro atoms. The van der Waals surface area contributed by atoms with Gasteiger partial charge >= 0.3 is 0 Å². The van der Waals surface area contributed by atoms with Crippen molar-refractivity contribution in [2.24, 2.45) is 5.16 Å². The first-order valence-corrected chi connectivity index (χ1v) is 4.00. The van der Waals surface area contributed by atoms with E-state index < -0.39 is 0 Å². The summed E-state index contributed by atoms with van der Waals surface area (Å²) in [7, 11) is 0. The van der Waals surface area contributed by atoms with Crippen molar-refractivity contribution in [2.45, 2.75) is 13.3 Å². The normalized spacial score (nSPS) is 21.2. The standard InChI is InChI=1S/C7H13N3O2/c1-2-3-10-5-7(11)8-4-6(10)9-12/h12H,2-5H2,1H3,(H,8,11). The highest BCUT2D eigenvalue weighted by atomic mass is 16.4. The van der Waals surface area contributed by atoms with Crippen molar-refractivity contribution in [2.75, 3.05) is 19.6 Å². The molecule has 0 unspecified atom stereocenters. The van der Waals surface area contributed by atoms with Crippen LogP contribution >= 0.6 is 0 Å². The summed E-state index contributed by atoms with van der Waals surface area (Å²) in [6.07, 6.45) is 0.937. The Morgan fingerprint density at radius 1 is 1.75 bits per heavy atom. The number of hydrogen-bond donors (Lipinski definition) is 2. The number of amides is 1. The van der Waals surface area contributed by atoms with Crippen LogP contribution in [0.4, 0.5) is 0 Å². The molecule has 1 amide bonds. The Hall–Kier alpha value is -1.26. The molecule has 1 rings (SSSR count). The molecule has 0 aliphatic carbocycles. The number of oxime groups is 1. The monoisotopic (exact) mass is 171 g/mol. The number of piperazine rings is 1. The van der Waals surface area contributed by atoms with Crippen LogP contribution < -0.4 is 5.32 Å². The lowest BCUT2D eigenvalue weighted by atomic mass is 10.3. The topological polar surface area (TPSA) is 64.9 Å². The molecule has 1 fully saturated rings. The minimum Gasteiger partial charge on any atom is -0.409 e. The summed E-state index contributed by atoms with van der Waals surface area (Å²) in [5, 5.41) is 14.3. The molecule has 5 heteroatoms. The highest BCUT2D eigenvalue weighted by Gasteiger charge is 2.20. The Kier molecular flexibility index (Phi) is 2.90. The van der Waals surface area contributed by atoms with Gasteiger partial charge in [-0.05, 0) is 6.42 Å². The van der Waals surface area contributed by atoms with Crippen molar-refractivity contribution in [1.29, 1.82) is 0 Å². The zero-order valence-corrected chi connectivity index (χ0v) is 7.08. The number of nitrogens with one attached hydrogen (secondary N) is 1. The van der Waals surface area contributed by atoms with Gasteiger partial charge in [-0.15, -0.1) is 0 Å². The van der Waals surface area contributed by atoms with Gasteiger partial charge in [0.15, 0.2) is 5.84 Å². The van der Waals surface area contributed by atoms with Gasteiger partial charge in [0.25, 0.3) is 0 Å². The average Bonchev–Trinajstić information content (AvgIpc) is 2.05. The Morgan fingerprint density at radius 3 is 3.08 bits per heavy atom. The van der Waals surface area contributed by atoms with Crippen LogP contribution in [-0.2, 0) is 4.79 Å². The number of carbonyl (C=O) groups is 1. The fourth-order valence-electron chi connectivity index (χ4n) is 1.19. The van der Waals surface area contributed by atoms with E-state index in [1.165, 1.54) is 0 Å². The molecular formula is C7H13N3O2. The van der Waals surface area contributed by atoms with Crippen LogP contribution in [0.25, 0.3) is 0 Å². The summed E-state index contributed by atoms with van der Waals surface area (Å²) >= 11 is 0. The van der Waals surface area contributed by atoms with Crippen LogP contribution in [0.3, 0.4) is 0 Å². The van der Waals surface area contributed by atoms with Gasteiger partial charge in [0, 0.05) is 6.54 Å². The van der Waals surface area contributed by atoms with Gasteiger partial charge in [0.2, 0.25) is 5.91 Å². The molecule has 0 atom stereocenters. The van der Waals surface area contributed by atoms with E-state index in [4.69, 9.17) is 5.21 Å². The summed E-state index contributed by atoms with van der Waals surface area (Å²) in [6.45, 7) is 3.40. The predicted octanol–water partition coefficient (Wildman–Crippen LogP) is -0.384. The number of amidine groups is 1. The van der Waals surface area contributed by atoms with E-state index in [2.05, 4.69) is 10.5 Å². The van der Waals surface area contributed by atoms with Gasteiger partial charge in [-0.2, -0.15) is 0 Å². The van der Waals surface area contributed by atoms with E-state index in [-0.39, 0.29) is 5.91 Å². The van der Waals surface area contributed by atoms with Crippen molar-refractivity contribution in [1.82, 2.24) is 10.2 Å². The first-order valence-electron chi connectivity index (χ1n) is 4.00. The Balaban J connectivity index is 2.58. The highest BCUT2D eigenvalue weighted by Crippen LogP contribution is 1.98. The zero-order chi connectivity index (χ0) is 8.97. The molecule has 12 heavy (non-hydrogen) atoms. The van der Waals surface area contributed by atoms with E-state index in [9.17, 15) is 4.79 Å². The van der Waals surface area contributed by atoms with Crippen molar-refractivity contribution < 1.29 is 10.0 Å². The largest absolute Gasteiger partial charge is 0.409 e. The molecule has 68 valence electrons. The van der Waals surface area contributed by atoms with E-state index in [0.29, 0.717) is 18.9 Å². The van der Waals surface area contributed by atoms with Crippen LogP contribution in [0.15, 0.2) is 5.16 Å². The van der Waals surface area contributed by atoms with Gasteiger partial charge in [-0.1, -0.05) is 12.1 Å². The zero-order valence-electron chi connectivity index (χ0n) is 7.08. The minimum atomic E-state index is -0.0177. The van der Waals surface area contributed by atoms with Crippen LogP contribution in [0, 0.1) is 0 Å². The third-order valence-corrected chi connectivity index (χ3v) is 1.75. The summed E-state index contributed by atoms with van der Waals surface area (Å²) in [6, 6.07) is 0. The molecule has 0 bridgehead atoms. The molecule has 0 saturated carbocycles. The highest BCUT2D eigenvalue weighted by molar-refractivity contribution is 5.95. The Morgan fingerprint density at radius 2 is 2.50 bits per heavy atom. The smallest absolute Gasteiger partial charge is 0.239 e. The lowest BCUT2D eigenvalue weighted by molar-refractivity contribution is -0.122. The molecule has 1 heterocycles. The molecule has 1 aliphatic rings. The van der Waals surface area contributed by atoms with Crippen LogP contribution in [0.5, 0.6) is 0 Å². The molecule has 1 saturated heterocycles. The van der Waals surface area contributed by atoms with E-state index in [1.807, 2.05) is 6.92 Å². The summed E-state index contributed by atoms with van der Waals surface area (Å²) < 4.78 is 0. The fraction of sp³-hybridized carbons (Fsp3) is 0.714. The third-order valence-electron chi connectivity index (χ3n) is 1.75. The van der Waals surface area contributed by atoms with Crippen molar-refractivity contribution in [3.63, 3.8) is 0 Å². The maximum Gasteiger partial charge on any atom is 0.239 e. The van der Waals surface area contributed by atoms with Crippen molar-refractivity contribution in [3.05, 3.63) is 0 Å². The summed E-state index contributed by atoms with van der Waals surface area (Å²) in [5.74, 6) is 0.521. The first-order chi connectivity index (χ1) is 5.77. The van der Waals surface area contributed by atoms with E-state index >= 15 is 0 Å².